The highest BCUT2D eigenvalue weighted by molar-refractivity contribution is 5.90. The average molecular weight is 469 g/mol. The Kier molecular flexibility index (Phi) is 6.06. The maximum absolute atomic E-state index is 13.4. The van der Waals surface area contributed by atoms with Gasteiger partial charge in [-0.15, -0.1) is 0 Å². The largest absolute Gasteiger partial charge is 0.497 e. The Hall–Kier alpha value is -4.02. The van der Waals surface area contributed by atoms with Gasteiger partial charge in [-0.3, -0.25) is 0 Å². The molecule has 0 aromatic heterocycles. The van der Waals surface area contributed by atoms with Gasteiger partial charge < -0.3 is 25.0 Å². The van der Waals surface area contributed by atoms with E-state index in [9.17, 15) is 9.90 Å². The number of carbonyl (C=O) groups excluding carboxylic acids is 1. The second kappa shape index (κ2) is 9.32. The smallest absolute Gasteiger partial charge is 0.322 e. The molecular formula is C28H28N4O3. The lowest BCUT2D eigenvalue weighted by molar-refractivity contribution is 0.168. The normalized spacial score (nSPS) is 20.6. The van der Waals surface area contributed by atoms with Crippen molar-refractivity contribution in [3.8, 4) is 22.9 Å². The van der Waals surface area contributed by atoms with Crippen LogP contribution in [0.15, 0.2) is 66.7 Å². The lowest BCUT2D eigenvalue weighted by Gasteiger charge is -2.44. The molecule has 178 valence electrons. The fourth-order valence-electron chi connectivity index (χ4n) is 5.49. The molecule has 0 spiro atoms. The summed E-state index contributed by atoms with van der Waals surface area (Å²) in [5.41, 5.74) is 5.43. The SMILES string of the molecule is COc1cccc(NC(=O)N2CC[C@H]3[C@@H]2c2cc(-c4ccc(C#N)cc4)ccc2N(C)[C@H]3CO)c1. The van der Waals surface area contributed by atoms with Crippen LogP contribution < -0.4 is 15.0 Å². The van der Waals surface area contributed by atoms with Crippen LogP contribution in [0.4, 0.5) is 16.2 Å². The number of benzene rings is 3. The Morgan fingerprint density at radius 3 is 2.63 bits per heavy atom. The number of hydrogen-bond donors (Lipinski definition) is 2. The van der Waals surface area contributed by atoms with Gasteiger partial charge >= 0.3 is 6.03 Å². The third-order valence-corrected chi connectivity index (χ3v) is 7.28. The van der Waals surface area contributed by atoms with Crippen molar-refractivity contribution in [2.45, 2.75) is 18.5 Å². The number of likely N-dealkylation sites (N-methyl/N-ethyl adjacent to an activating group) is 1. The maximum atomic E-state index is 13.4. The second-order valence-corrected chi connectivity index (χ2v) is 9.08. The number of likely N-dealkylation sites (tertiary alicyclic amines) is 1. The van der Waals surface area contributed by atoms with Crippen LogP contribution in [-0.2, 0) is 0 Å². The van der Waals surface area contributed by atoms with Crippen LogP contribution in [0.1, 0.15) is 23.6 Å². The van der Waals surface area contributed by atoms with Crippen molar-refractivity contribution in [3.05, 3.63) is 77.9 Å². The molecule has 3 atom stereocenters. The molecular weight excluding hydrogens is 440 g/mol. The van der Waals surface area contributed by atoms with E-state index in [-0.39, 0.29) is 30.6 Å². The van der Waals surface area contributed by atoms with Crippen molar-refractivity contribution >= 4 is 17.4 Å². The summed E-state index contributed by atoms with van der Waals surface area (Å²) < 4.78 is 5.29. The zero-order chi connectivity index (χ0) is 24.5. The summed E-state index contributed by atoms with van der Waals surface area (Å²) in [7, 11) is 3.61. The van der Waals surface area contributed by atoms with Crippen LogP contribution >= 0.6 is 0 Å². The van der Waals surface area contributed by atoms with Crippen LogP contribution in [0.2, 0.25) is 0 Å². The van der Waals surface area contributed by atoms with Crippen molar-refractivity contribution < 1.29 is 14.6 Å². The molecule has 0 unspecified atom stereocenters. The van der Waals surface area contributed by atoms with Gasteiger partial charge in [0.2, 0.25) is 0 Å². The van der Waals surface area contributed by atoms with E-state index < -0.39 is 0 Å². The van der Waals surface area contributed by atoms with E-state index in [0.717, 1.165) is 28.8 Å². The van der Waals surface area contributed by atoms with Crippen LogP contribution in [0.5, 0.6) is 5.75 Å². The van der Waals surface area contributed by atoms with E-state index in [1.165, 1.54) is 0 Å². The summed E-state index contributed by atoms with van der Waals surface area (Å²) in [5, 5.41) is 22.4. The molecule has 0 saturated carbocycles. The highest BCUT2D eigenvalue weighted by Gasteiger charge is 2.47. The molecule has 2 aliphatic rings. The number of nitriles is 1. The Morgan fingerprint density at radius 2 is 1.91 bits per heavy atom. The molecule has 2 aliphatic heterocycles. The lowest BCUT2D eigenvalue weighted by atomic mass is 9.81. The number of hydrogen-bond acceptors (Lipinski definition) is 5. The predicted molar refractivity (Wildman–Crippen MR) is 135 cm³/mol. The van der Waals surface area contributed by atoms with Crippen molar-refractivity contribution in [2.24, 2.45) is 5.92 Å². The minimum atomic E-state index is -0.165. The minimum absolute atomic E-state index is 0.0276. The predicted octanol–water partition coefficient (Wildman–Crippen LogP) is 4.64. The Bertz CT molecular complexity index is 1280. The molecule has 3 aromatic rings. The maximum Gasteiger partial charge on any atom is 0.322 e. The molecule has 2 heterocycles. The number of nitrogens with one attached hydrogen (secondary N) is 1. The first-order chi connectivity index (χ1) is 17.0. The minimum Gasteiger partial charge on any atom is -0.497 e. The standard InChI is InChI=1S/C28H28N4O3/c1-31-25-11-10-20(19-8-6-18(16-29)7-9-19)14-24(25)27-23(26(31)17-33)12-13-32(27)28(34)30-21-4-3-5-22(15-21)35-2/h3-11,14-15,23,26-27,33H,12-13,17H2,1-2H3,(H,30,34)/t23-,26+,27-/m1/s1. The fraction of sp³-hybridized carbons (Fsp3) is 0.286. The van der Waals surface area contributed by atoms with Gasteiger partial charge in [0.15, 0.2) is 0 Å². The van der Waals surface area contributed by atoms with Crippen LogP contribution in [0, 0.1) is 17.2 Å². The number of carbonyl (C=O) groups is 1. The number of methoxy groups -OCH3 is 1. The monoisotopic (exact) mass is 468 g/mol. The number of anilines is 2. The molecule has 7 heteroatoms. The summed E-state index contributed by atoms with van der Waals surface area (Å²) in [6.07, 6.45) is 0.812. The molecule has 0 bridgehead atoms. The lowest BCUT2D eigenvalue weighted by Crippen LogP contribution is -2.48. The number of ether oxygens (including phenoxy) is 1. The zero-order valence-electron chi connectivity index (χ0n) is 19.8. The molecule has 3 aromatic carbocycles. The molecule has 2 amide bonds. The summed E-state index contributed by atoms with van der Waals surface area (Å²) in [6, 6.07) is 22.9. The number of aliphatic hydroxyl groups is 1. The van der Waals surface area contributed by atoms with Gasteiger partial charge in [0.1, 0.15) is 5.75 Å². The number of aliphatic hydroxyl groups excluding tert-OH is 1. The number of fused-ring (bicyclic) bond motifs is 3. The highest BCUT2D eigenvalue weighted by Crippen LogP contribution is 2.49. The molecule has 0 aliphatic carbocycles. The molecule has 0 radical (unpaired) electrons. The number of urea groups is 1. The molecule has 1 saturated heterocycles. The van der Waals surface area contributed by atoms with E-state index >= 15 is 0 Å². The molecule has 35 heavy (non-hydrogen) atoms. The second-order valence-electron chi connectivity index (χ2n) is 9.08. The Morgan fingerprint density at radius 1 is 1.14 bits per heavy atom. The zero-order valence-corrected chi connectivity index (χ0v) is 19.8. The van der Waals surface area contributed by atoms with Crippen molar-refractivity contribution in [3.63, 3.8) is 0 Å². The van der Waals surface area contributed by atoms with Crippen molar-refractivity contribution in [2.75, 3.05) is 37.5 Å². The summed E-state index contributed by atoms with van der Waals surface area (Å²) in [6.45, 7) is 0.635. The summed E-state index contributed by atoms with van der Waals surface area (Å²) in [5.74, 6) is 0.795. The topological polar surface area (TPSA) is 88.8 Å². The van der Waals surface area contributed by atoms with Crippen LogP contribution in [0.25, 0.3) is 11.1 Å². The van der Waals surface area contributed by atoms with Crippen LogP contribution in [-0.4, -0.2) is 49.4 Å². The van der Waals surface area contributed by atoms with E-state index in [2.05, 4.69) is 34.5 Å². The Balaban J connectivity index is 1.51. The van der Waals surface area contributed by atoms with E-state index in [4.69, 9.17) is 10.00 Å². The van der Waals surface area contributed by atoms with E-state index in [1.807, 2.05) is 54.4 Å². The van der Waals surface area contributed by atoms with E-state index in [1.54, 1.807) is 13.2 Å². The third kappa shape index (κ3) is 4.07. The summed E-state index contributed by atoms with van der Waals surface area (Å²) in [4.78, 5) is 17.5. The molecule has 1 fully saturated rings. The average Bonchev–Trinajstić information content (AvgIpc) is 3.34. The van der Waals surface area contributed by atoms with Gasteiger partial charge in [-0.1, -0.05) is 24.3 Å². The van der Waals surface area contributed by atoms with Crippen molar-refractivity contribution in [1.29, 1.82) is 5.26 Å². The van der Waals surface area contributed by atoms with Gasteiger partial charge in [-0.05, 0) is 59.5 Å². The first-order valence-electron chi connectivity index (χ1n) is 11.7. The third-order valence-electron chi connectivity index (χ3n) is 7.28. The van der Waals surface area contributed by atoms with Gasteiger partial charge in [0, 0.05) is 37.0 Å². The molecule has 7 nitrogen and oxygen atoms in total. The summed E-state index contributed by atoms with van der Waals surface area (Å²) >= 11 is 0. The quantitative estimate of drug-likeness (QED) is 0.582. The number of amides is 2. The van der Waals surface area contributed by atoms with Gasteiger partial charge in [0.25, 0.3) is 0 Å². The van der Waals surface area contributed by atoms with Gasteiger partial charge in [0.05, 0.1) is 37.4 Å². The Labute approximate surface area is 205 Å². The molecule has 2 N–H and O–H groups in total. The first kappa shape index (κ1) is 22.8. The van der Waals surface area contributed by atoms with Gasteiger partial charge in [-0.2, -0.15) is 5.26 Å². The van der Waals surface area contributed by atoms with Gasteiger partial charge in [-0.25, -0.2) is 4.79 Å². The number of rotatable bonds is 4. The van der Waals surface area contributed by atoms with E-state index in [0.29, 0.717) is 23.5 Å². The first-order valence-corrected chi connectivity index (χ1v) is 11.7. The highest BCUT2D eigenvalue weighted by atomic mass is 16.5. The fourth-order valence-corrected chi connectivity index (χ4v) is 5.49. The van der Waals surface area contributed by atoms with Crippen molar-refractivity contribution in [1.82, 2.24) is 4.90 Å². The number of nitrogens with zero attached hydrogens (tertiary/aromatic N) is 3. The van der Waals surface area contributed by atoms with Crippen LogP contribution in [0.3, 0.4) is 0 Å². The molecule has 5 rings (SSSR count).